The van der Waals surface area contributed by atoms with E-state index >= 15 is 0 Å². The average Bonchev–Trinajstić information content (AvgIpc) is 3.60. The second-order valence-electron chi connectivity index (χ2n) is 8.07. The summed E-state index contributed by atoms with van der Waals surface area (Å²) in [4.78, 5) is 5.31. The maximum absolute atomic E-state index is 13.7. The van der Waals surface area contributed by atoms with Crippen molar-refractivity contribution in [2.75, 3.05) is 14.2 Å². The highest BCUT2D eigenvalue weighted by molar-refractivity contribution is 7.18. The van der Waals surface area contributed by atoms with Crippen molar-refractivity contribution in [2.24, 2.45) is 0 Å². The van der Waals surface area contributed by atoms with Gasteiger partial charge in [-0.2, -0.15) is 0 Å². The van der Waals surface area contributed by atoms with Crippen LogP contribution in [0.2, 0.25) is 0 Å². The number of benzene rings is 3. The van der Waals surface area contributed by atoms with Crippen LogP contribution in [0.1, 0.15) is 5.56 Å². The summed E-state index contributed by atoms with van der Waals surface area (Å²) in [7, 11) is 3.17. The van der Waals surface area contributed by atoms with Gasteiger partial charge in [0.1, 0.15) is 35.2 Å². The van der Waals surface area contributed by atoms with E-state index in [2.05, 4.69) is 10.1 Å². The van der Waals surface area contributed by atoms with Gasteiger partial charge in [-0.05, 0) is 52.3 Å². The monoisotopic (exact) mass is 501 g/mol. The first kappa shape index (κ1) is 22.1. The van der Waals surface area contributed by atoms with Crippen LogP contribution in [0.5, 0.6) is 16.7 Å². The lowest BCUT2D eigenvalue weighted by Gasteiger charge is -2.10. The fourth-order valence-electron chi connectivity index (χ4n) is 4.00. The number of furan rings is 1. The Bertz CT molecular complexity index is 1670. The van der Waals surface area contributed by atoms with E-state index in [-0.39, 0.29) is 5.82 Å². The van der Waals surface area contributed by atoms with Crippen molar-refractivity contribution in [3.63, 3.8) is 0 Å². The lowest BCUT2D eigenvalue weighted by atomic mass is 10.0. The summed E-state index contributed by atoms with van der Waals surface area (Å²) >= 11 is 1.35. The molecule has 9 heteroatoms. The second-order valence-corrected chi connectivity index (χ2v) is 8.99. The van der Waals surface area contributed by atoms with E-state index in [1.165, 1.54) is 23.5 Å². The Hall–Kier alpha value is -4.37. The number of aromatic nitrogens is 3. The maximum Gasteiger partial charge on any atom is 0.294 e. The molecule has 0 spiro atoms. The molecule has 0 saturated heterocycles. The minimum absolute atomic E-state index is 0.267. The molecule has 0 aliphatic heterocycles. The topological polar surface area (TPSA) is 71.0 Å². The number of ether oxygens (including phenoxy) is 3. The molecule has 3 heterocycles. The summed E-state index contributed by atoms with van der Waals surface area (Å²) in [5.41, 5.74) is 3.95. The summed E-state index contributed by atoms with van der Waals surface area (Å²) in [6.07, 6.45) is 1.79. The molecule has 0 radical (unpaired) electrons. The lowest BCUT2D eigenvalue weighted by Crippen LogP contribution is -1.97. The molecule has 0 bridgehead atoms. The number of fused-ring (bicyclic) bond motifs is 2. The SMILES string of the molecule is COc1cc(OCc2cccc(-c3cccc(F)c3)c2)c2cc(-c3cn4nc(OC)sc4n3)oc2c1. The smallest absolute Gasteiger partial charge is 0.294 e. The lowest BCUT2D eigenvalue weighted by molar-refractivity contribution is 0.307. The largest absolute Gasteiger partial charge is 0.496 e. The highest BCUT2D eigenvalue weighted by atomic mass is 32.1. The number of hydrogen-bond acceptors (Lipinski definition) is 7. The van der Waals surface area contributed by atoms with Crippen LogP contribution in [0.3, 0.4) is 0 Å². The number of halogens is 1. The van der Waals surface area contributed by atoms with Crippen LogP contribution in [-0.2, 0) is 6.61 Å². The first-order chi connectivity index (χ1) is 17.6. The van der Waals surface area contributed by atoms with Crippen LogP contribution in [0, 0.1) is 5.82 Å². The van der Waals surface area contributed by atoms with E-state index in [9.17, 15) is 4.39 Å². The Kier molecular flexibility index (Phi) is 5.54. The standard InChI is InChI=1S/C27H20FN3O4S/c1-32-20-11-23(34-15-16-5-3-6-17(9-16)18-7-4-8-19(28)10-18)21-13-25(35-24(21)12-20)22-14-31-26(29-22)36-27(30-31)33-2/h3-14H,15H2,1-2H3. The minimum atomic E-state index is -0.267. The number of hydrogen-bond donors (Lipinski definition) is 0. The summed E-state index contributed by atoms with van der Waals surface area (Å²) < 4.78 is 38.3. The van der Waals surface area contributed by atoms with Crippen LogP contribution in [0.25, 0.3) is 38.5 Å². The van der Waals surface area contributed by atoms with Crippen molar-refractivity contribution in [2.45, 2.75) is 6.61 Å². The van der Waals surface area contributed by atoms with Crippen LogP contribution >= 0.6 is 11.3 Å². The van der Waals surface area contributed by atoms with Gasteiger partial charge in [-0.3, -0.25) is 0 Å². The molecule has 0 aliphatic carbocycles. The average molecular weight is 502 g/mol. The highest BCUT2D eigenvalue weighted by Gasteiger charge is 2.17. The van der Waals surface area contributed by atoms with Crippen LogP contribution < -0.4 is 14.2 Å². The first-order valence-electron chi connectivity index (χ1n) is 11.1. The van der Waals surface area contributed by atoms with Gasteiger partial charge in [-0.15, -0.1) is 5.10 Å². The zero-order valence-corrected chi connectivity index (χ0v) is 20.2. The van der Waals surface area contributed by atoms with Crippen molar-refractivity contribution >= 4 is 27.3 Å². The highest BCUT2D eigenvalue weighted by Crippen LogP contribution is 2.37. The Labute approximate surface area is 209 Å². The Morgan fingerprint density at radius 1 is 0.972 bits per heavy atom. The third kappa shape index (κ3) is 4.14. The van der Waals surface area contributed by atoms with Crippen molar-refractivity contribution in [3.05, 3.63) is 84.3 Å². The van der Waals surface area contributed by atoms with E-state index in [1.54, 1.807) is 31.0 Å². The fourth-order valence-corrected chi connectivity index (χ4v) is 4.70. The first-order valence-corrected chi connectivity index (χ1v) is 11.9. The molecule has 0 amide bonds. The Balaban J connectivity index is 1.31. The normalized spacial score (nSPS) is 11.3. The molecule has 3 aromatic carbocycles. The van der Waals surface area contributed by atoms with Gasteiger partial charge < -0.3 is 18.6 Å². The molecule has 0 aliphatic rings. The zero-order chi connectivity index (χ0) is 24.6. The zero-order valence-electron chi connectivity index (χ0n) is 19.4. The van der Waals surface area contributed by atoms with Gasteiger partial charge in [-0.25, -0.2) is 13.9 Å². The number of methoxy groups -OCH3 is 2. The van der Waals surface area contributed by atoms with E-state index in [0.717, 1.165) is 22.1 Å². The molecule has 0 N–H and O–H groups in total. The van der Waals surface area contributed by atoms with Gasteiger partial charge in [0.15, 0.2) is 5.76 Å². The molecule has 0 saturated carbocycles. The number of rotatable bonds is 7. The molecule has 6 aromatic rings. The van der Waals surface area contributed by atoms with Gasteiger partial charge in [0, 0.05) is 12.1 Å². The molecule has 0 atom stereocenters. The van der Waals surface area contributed by atoms with Crippen LogP contribution in [-0.4, -0.2) is 28.8 Å². The van der Waals surface area contributed by atoms with Crippen LogP contribution in [0.4, 0.5) is 4.39 Å². The van der Waals surface area contributed by atoms with Crippen molar-refractivity contribution < 1.29 is 23.0 Å². The van der Waals surface area contributed by atoms with E-state index in [4.69, 9.17) is 18.6 Å². The summed E-state index contributed by atoms with van der Waals surface area (Å²) in [6, 6.07) is 19.9. The maximum atomic E-state index is 13.7. The van der Waals surface area contributed by atoms with E-state index in [0.29, 0.717) is 45.3 Å². The second kappa shape index (κ2) is 9.01. The minimum Gasteiger partial charge on any atom is -0.496 e. The Morgan fingerprint density at radius 3 is 2.58 bits per heavy atom. The number of imidazole rings is 1. The molecular weight excluding hydrogens is 481 g/mol. The fraction of sp³-hybridized carbons (Fsp3) is 0.111. The molecule has 6 rings (SSSR count). The van der Waals surface area contributed by atoms with Crippen molar-refractivity contribution in [1.29, 1.82) is 0 Å². The van der Waals surface area contributed by atoms with E-state index < -0.39 is 0 Å². The molecule has 180 valence electrons. The third-order valence-corrected chi connectivity index (χ3v) is 6.62. The summed E-state index contributed by atoms with van der Waals surface area (Å²) in [5.74, 6) is 1.56. The van der Waals surface area contributed by atoms with Gasteiger partial charge >= 0.3 is 0 Å². The van der Waals surface area contributed by atoms with Crippen molar-refractivity contribution in [1.82, 2.24) is 14.6 Å². The van der Waals surface area contributed by atoms with Gasteiger partial charge in [0.05, 0.1) is 25.8 Å². The van der Waals surface area contributed by atoms with Crippen LogP contribution in [0.15, 0.2) is 77.3 Å². The van der Waals surface area contributed by atoms with Gasteiger partial charge in [0.2, 0.25) is 4.96 Å². The predicted octanol–water partition coefficient (Wildman–Crippen LogP) is 6.61. The Morgan fingerprint density at radius 2 is 1.81 bits per heavy atom. The quantitative estimate of drug-likeness (QED) is 0.245. The molecular formula is C27H20FN3O4S. The van der Waals surface area contributed by atoms with E-state index in [1.807, 2.05) is 48.5 Å². The predicted molar refractivity (Wildman–Crippen MR) is 135 cm³/mol. The summed E-state index contributed by atoms with van der Waals surface area (Å²) in [6.45, 7) is 0.315. The number of nitrogens with zero attached hydrogens (tertiary/aromatic N) is 3. The van der Waals surface area contributed by atoms with Gasteiger partial charge in [-0.1, -0.05) is 30.3 Å². The van der Waals surface area contributed by atoms with Gasteiger partial charge in [0.25, 0.3) is 5.19 Å². The molecule has 36 heavy (non-hydrogen) atoms. The third-order valence-electron chi connectivity index (χ3n) is 5.74. The van der Waals surface area contributed by atoms with Crippen molar-refractivity contribution in [3.8, 4) is 39.3 Å². The molecule has 3 aromatic heterocycles. The molecule has 7 nitrogen and oxygen atoms in total. The molecule has 0 unspecified atom stereocenters. The summed E-state index contributed by atoms with van der Waals surface area (Å²) in [5, 5.41) is 5.65. The molecule has 0 fully saturated rings.